The monoisotopic (exact) mass is 316 g/mol. The fraction of sp³-hybridized carbons (Fsp3) is 0.600. The van der Waals surface area contributed by atoms with Crippen molar-refractivity contribution in [1.82, 2.24) is 0 Å². The van der Waals surface area contributed by atoms with E-state index in [0.717, 1.165) is 38.5 Å². The summed E-state index contributed by atoms with van der Waals surface area (Å²) in [4.78, 5) is 23.1. The number of ether oxygens (including phenoxy) is 1. The van der Waals surface area contributed by atoms with E-state index in [1.807, 2.05) is 0 Å². The molecule has 2 rings (SSSR count). The van der Waals surface area contributed by atoms with Crippen LogP contribution in [0.5, 0.6) is 0 Å². The van der Waals surface area contributed by atoms with Crippen molar-refractivity contribution in [3.8, 4) is 0 Å². The summed E-state index contributed by atoms with van der Waals surface area (Å²) in [6.07, 6.45) is 13.7. The Morgan fingerprint density at radius 3 is 2.57 bits per heavy atom. The SMILES string of the molecule is CC(C)=CCC/C(C)=C/CCC1=CCC2(CC1)CC(=O)OC2=O. The Labute approximate surface area is 139 Å². The van der Waals surface area contributed by atoms with Gasteiger partial charge in [0.2, 0.25) is 0 Å². The van der Waals surface area contributed by atoms with Crippen molar-refractivity contribution < 1.29 is 14.3 Å². The van der Waals surface area contributed by atoms with Crippen molar-refractivity contribution in [2.24, 2.45) is 5.41 Å². The molecular formula is C20H28O3. The Hall–Kier alpha value is -1.64. The van der Waals surface area contributed by atoms with E-state index in [9.17, 15) is 9.59 Å². The molecule has 3 heteroatoms. The minimum absolute atomic E-state index is 0.263. The third kappa shape index (κ3) is 4.92. The van der Waals surface area contributed by atoms with Crippen LogP contribution in [0.25, 0.3) is 0 Å². The maximum Gasteiger partial charge on any atom is 0.320 e. The van der Waals surface area contributed by atoms with Crippen molar-refractivity contribution in [3.05, 3.63) is 34.9 Å². The summed E-state index contributed by atoms with van der Waals surface area (Å²) in [5.41, 5.74) is 3.69. The molecule has 0 radical (unpaired) electrons. The highest BCUT2D eigenvalue weighted by molar-refractivity contribution is 5.97. The number of rotatable bonds is 6. The zero-order valence-corrected chi connectivity index (χ0v) is 14.6. The first kappa shape index (κ1) is 17.7. The molecule has 1 spiro atoms. The summed E-state index contributed by atoms with van der Waals surface area (Å²) >= 11 is 0. The predicted octanol–water partition coefficient (Wildman–Crippen LogP) is 5.03. The fourth-order valence-corrected chi connectivity index (χ4v) is 3.31. The van der Waals surface area contributed by atoms with Crippen molar-refractivity contribution in [1.29, 1.82) is 0 Å². The molecule has 1 aliphatic heterocycles. The molecule has 0 bridgehead atoms. The van der Waals surface area contributed by atoms with Crippen LogP contribution in [0.1, 0.15) is 72.1 Å². The maximum atomic E-state index is 11.8. The second-order valence-electron chi connectivity index (χ2n) is 7.19. The lowest BCUT2D eigenvalue weighted by molar-refractivity contribution is -0.155. The van der Waals surface area contributed by atoms with Gasteiger partial charge in [-0.25, -0.2) is 0 Å². The molecular weight excluding hydrogens is 288 g/mol. The van der Waals surface area contributed by atoms with E-state index in [0.29, 0.717) is 6.42 Å². The molecule has 1 aliphatic carbocycles. The molecule has 0 saturated carbocycles. The molecule has 1 heterocycles. The first-order chi connectivity index (χ1) is 10.9. The smallest absolute Gasteiger partial charge is 0.320 e. The lowest BCUT2D eigenvalue weighted by Gasteiger charge is -2.27. The van der Waals surface area contributed by atoms with Crippen molar-refractivity contribution in [2.45, 2.75) is 72.1 Å². The second kappa shape index (κ2) is 7.76. The van der Waals surface area contributed by atoms with Crippen LogP contribution >= 0.6 is 0 Å². The fourth-order valence-electron chi connectivity index (χ4n) is 3.31. The predicted molar refractivity (Wildman–Crippen MR) is 91.7 cm³/mol. The number of esters is 2. The van der Waals surface area contributed by atoms with Crippen molar-refractivity contribution in [2.75, 3.05) is 0 Å². The number of cyclic esters (lactones) is 2. The average molecular weight is 316 g/mol. The van der Waals surface area contributed by atoms with Crippen LogP contribution < -0.4 is 0 Å². The van der Waals surface area contributed by atoms with Crippen LogP contribution in [0.15, 0.2) is 34.9 Å². The van der Waals surface area contributed by atoms with Crippen molar-refractivity contribution in [3.63, 3.8) is 0 Å². The number of hydrogen-bond acceptors (Lipinski definition) is 3. The summed E-state index contributed by atoms with van der Waals surface area (Å²) < 4.78 is 4.74. The van der Waals surface area contributed by atoms with E-state index in [1.54, 1.807) is 0 Å². The molecule has 1 unspecified atom stereocenters. The molecule has 0 aromatic rings. The Bertz CT molecular complexity index is 561. The summed E-state index contributed by atoms with van der Waals surface area (Å²) in [5, 5.41) is 0. The Morgan fingerprint density at radius 2 is 2.00 bits per heavy atom. The molecule has 1 saturated heterocycles. The highest BCUT2D eigenvalue weighted by atomic mass is 16.6. The van der Waals surface area contributed by atoms with Gasteiger partial charge in [0.05, 0.1) is 11.8 Å². The lowest BCUT2D eigenvalue weighted by Crippen LogP contribution is -2.28. The normalized spacial score (nSPS) is 24.7. The van der Waals surface area contributed by atoms with Gasteiger partial charge in [0, 0.05) is 0 Å². The van der Waals surface area contributed by atoms with Gasteiger partial charge in [0.15, 0.2) is 0 Å². The number of allylic oxidation sites excluding steroid dienone is 6. The van der Waals surface area contributed by atoms with E-state index in [2.05, 4.69) is 39.0 Å². The van der Waals surface area contributed by atoms with Gasteiger partial charge in [-0.3, -0.25) is 9.59 Å². The number of carbonyl (C=O) groups is 2. The van der Waals surface area contributed by atoms with Crippen LogP contribution in [0.4, 0.5) is 0 Å². The molecule has 0 N–H and O–H groups in total. The first-order valence-corrected chi connectivity index (χ1v) is 8.63. The summed E-state index contributed by atoms with van der Waals surface area (Å²) in [6, 6.07) is 0. The van der Waals surface area contributed by atoms with Crippen LogP contribution in [0.2, 0.25) is 0 Å². The van der Waals surface area contributed by atoms with Crippen LogP contribution in [0, 0.1) is 5.41 Å². The first-order valence-electron chi connectivity index (χ1n) is 8.63. The average Bonchev–Trinajstić information content (AvgIpc) is 2.75. The molecule has 2 aliphatic rings. The molecule has 126 valence electrons. The highest BCUT2D eigenvalue weighted by Gasteiger charge is 2.49. The van der Waals surface area contributed by atoms with Gasteiger partial charge in [0.1, 0.15) is 0 Å². The minimum atomic E-state index is -0.545. The zero-order valence-electron chi connectivity index (χ0n) is 14.6. The molecule has 3 nitrogen and oxygen atoms in total. The molecule has 1 fully saturated rings. The Morgan fingerprint density at radius 1 is 1.22 bits per heavy atom. The number of hydrogen-bond donors (Lipinski definition) is 0. The minimum Gasteiger partial charge on any atom is -0.393 e. The van der Waals surface area contributed by atoms with Crippen LogP contribution in [-0.2, 0) is 14.3 Å². The van der Waals surface area contributed by atoms with Gasteiger partial charge < -0.3 is 4.74 Å². The summed E-state index contributed by atoms with van der Waals surface area (Å²) in [7, 11) is 0. The van der Waals surface area contributed by atoms with Crippen LogP contribution in [0.3, 0.4) is 0 Å². The van der Waals surface area contributed by atoms with E-state index >= 15 is 0 Å². The Balaban J connectivity index is 1.77. The lowest BCUT2D eigenvalue weighted by atomic mass is 9.73. The third-order valence-corrected chi connectivity index (χ3v) is 4.88. The number of carbonyl (C=O) groups excluding carboxylic acids is 2. The third-order valence-electron chi connectivity index (χ3n) is 4.88. The van der Waals surface area contributed by atoms with Crippen molar-refractivity contribution >= 4 is 11.9 Å². The summed E-state index contributed by atoms with van der Waals surface area (Å²) in [5.74, 6) is -0.672. The van der Waals surface area contributed by atoms with Gasteiger partial charge in [-0.1, -0.05) is 34.9 Å². The van der Waals surface area contributed by atoms with Gasteiger partial charge in [-0.2, -0.15) is 0 Å². The highest BCUT2D eigenvalue weighted by Crippen LogP contribution is 2.44. The van der Waals surface area contributed by atoms with E-state index in [1.165, 1.54) is 16.7 Å². The second-order valence-corrected chi connectivity index (χ2v) is 7.19. The zero-order chi connectivity index (χ0) is 16.9. The standard InChI is InChI=1S/C20H28O3/c1-15(2)6-4-7-16(3)8-5-9-17-10-12-20(13-11-17)14-18(21)23-19(20)22/h6,8,10H,4-5,7,9,11-14H2,1-3H3/b16-8+. The van der Waals surface area contributed by atoms with Gasteiger partial charge in [-0.05, 0) is 65.7 Å². The maximum absolute atomic E-state index is 11.8. The van der Waals surface area contributed by atoms with E-state index in [4.69, 9.17) is 4.74 Å². The quantitative estimate of drug-likeness (QED) is 0.392. The van der Waals surface area contributed by atoms with E-state index < -0.39 is 5.41 Å². The van der Waals surface area contributed by atoms with E-state index in [-0.39, 0.29) is 18.4 Å². The summed E-state index contributed by atoms with van der Waals surface area (Å²) in [6.45, 7) is 6.47. The topological polar surface area (TPSA) is 43.4 Å². The van der Waals surface area contributed by atoms with Crippen LogP contribution in [-0.4, -0.2) is 11.9 Å². The Kier molecular flexibility index (Phi) is 5.97. The van der Waals surface area contributed by atoms with Gasteiger partial charge >= 0.3 is 11.9 Å². The molecule has 0 aromatic carbocycles. The molecule has 23 heavy (non-hydrogen) atoms. The molecule has 0 amide bonds. The van der Waals surface area contributed by atoms with Gasteiger partial charge in [-0.15, -0.1) is 0 Å². The largest absolute Gasteiger partial charge is 0.393 e. The molecule has 1 atom stereocenters. The van der Waals surface area contributed by atoms with Gasteiger partial charge in [0.25, 0.3) is 0 Å². The molecule has 0 aromatic heterocycles.